The van der Waals surface area contributed by atoms with Crippen molar-refractivity contribution in [1.29, 1.82) is 5.26 Å². The average Bonchev–Trinajstić information content (AvgIpc) is 2.74. The van der Waals surface area contributed by atoms with E-state index in [0.29, 0.717) is 22.5 Å². The Morgan fingerprint density at radius 1 is 1.32 bits per heavy atom. The van der Waals surface area contributed by atoms with Crippen LogP contribution in [0.1, 0.15) is 55.3 Å². The topological polar surface area (TPSA) is 70.1 Å². The molecule has 0 fully saturated rings. The summed E-state index contributed by atoms with van der Waals surface area (Å²) in [4.78, 5) is 14.5. The summed E-state index contributed by atoms with van der Waals surface area (Å²) in [6.45, 7) is 7.76. The van der Waals surface area contributed by atoms with Crippen molar-refractivity contribution in [2.45, 2.75) is 40.0 Å². The minimum absolute atomic E-state index is 0.0122. The molecule has 0 aliphatic heterocycles. The molecule has 0 radical (unpaired) electrons. The molecule has 0 aliphatic rings. The molecule has 0 bridgehead atoms. The van der Waals surface area contributed by atoms with Crippen LogP contribution >= 0.6 is 11.3 Å². The number of Topliss-reactive ketones (excluding diaryl/α,β-unsaturated/α-hetero) is 1. The van der Waals surface area contributed by atoms with Gasteiger partial charge in [0.25, 0.3) is 0 Å². The van der Waals surface area contributed by atoms with E-state index in [0.717, 1.165) is 30.9 Å². The molecule has 5 heteroatoms. The molecule has 0 saturated carbocycles. The van der Waals surface area contributed by atoms with Crippen LogP contribution in [0.5, 0.6) is 0 Å². The molecule has 2 N–H and O–H groups in total. The average molecular weight is 279 g/mol. The van der Waals surface area contributed by atoms with Crippen LogP contribution in [0.4, 0.5) is 10.7 Å². The molecule has 4 nitrogen and oxygen atoms in total. The molecule has 1 aromatic rings. The fraction of sp³-hybridized carbons (Fsp3) is 0.571. The first-order chi connectivity index (χ1) is 9.10. The summed E-state index contributed by atoms with van der Waals surface area (Å²) in [6, 6.07) is 2.15. The van der Waals surface area contributed by atoms with Crippen molar-refractivity contribution in [2.75, 3.05) is 23.7 Å². The lowest BCUT2D eigenvalue weighted by Crippen LogP contribution is -2.24. The summed E-state index contributed by atoms with van der Waals surface area (Å²) >= 11 is 1.36. The molecule has 1 rings (SSSR count). The zero-order valence-corrected chi connectivity index (χ0v) is 12.6. The van der Waals surface area contributed by atoms with Crippen molar-refractivity contribution in [3.05, 3.63) is 10.4 Å². The van der Waals surface area contributed by atoms with Crippen molar-refractivity contribution < 1.29 is 4.79 Å². The van der Waals surface area contributed by atoms with Crippen LogP contribution in [0, 0.1) is 11.3 Å². The molecule has 0 aromatic carbocycles. The second kappa shape index (κ2) is 7.15. The third-order valence-corrected chi connectivity index (χ3v) is 4.19. The summed E-state index contributed by atoms with van der Waals surface area (Å²) in [7, 11) is 0. The number of rotatable bonds is 7. The zero-order valence-electron chi connectivity index (χ0n) is 11.8. The Labute approximate surface area is 118 Å². The number of hydrogen-bond acceptors (Lipinski definition) is 5. The number of hydrogen-bond donors (Lipinski definition) is 1. The van der Waals surface area contributed by atoms with E-state index in [4.69, 9.17) is 5.73 Å². The minimum atomic E-state index is 0.0122. The fourth-order valence-electron chi connectivity index (χ4n) is 1.98. The number of nitriles is 1. The molecule has 0 atom stereocenters. The van der Waals surface area contributed by atoms with Gasteiger partial charge in [-0.15, -0.1) is 11.3 Å². The molecule has 0 unspecified atom stereocenters. The van der Waals surface area contributed by atoms with E-state index in [1.54, 1.807) is 0 Å². The summed E-state index contributed by atoms with van der Waals surface area (Å²) in [5, 5.41) is 10.1. The Morgan fingerprint density at radius 3 is 2.32 bits per heavy atom. The molecule has 1 heterocycles. The Morgan fingerprint density at radius 2 is 1.89 bits per heavy atom. The van der Waals surface area contributed by atoms with Crippen molar-refractivity contribution in [3.63, 3.8) is 0 Å². The maximum absolute atomic E-state index is 11.9. The van der Waals surface area contributed by atoms with E-state index in [1.807, 2.05) is 6.92 Å². The maximum atomic E-state index is 11.9. The SMILES string of the molecule is CCCN(CCC)c1sc(C(=O)CC)c(N)c1C#N. The van der Waals surface area contributed by atoms with Crippen LogP contribution in [-0.2, 0) is 0 Å². The number of carbonyl (C=O) groups excluding carboxylic acids is 1. The van der Waals surface area contributed by atoms with E-state index in [2.05, 4.69) is 24.8 Å². The van der Waals surface area contributed by atoms with Gasteiger partial charge in [-0.2, -0.15) is 5.26 Å². The van der Waals surface area contributed by atoms with Gasteiger partial charge >= 0.3 is 0 Å². The molecule has 0 saturated heterocycles. The predicted molar refractivity (Wildman–Crippen MR) is 80.9 cm³/mol. The highest BCUT2D eigenvalue weighted by molar-refractivity contribution is 7.19. The van der Waals surface area contributed by atoms with E-state index in [9.17, 15) is 10.1 Å². The quantitative estimate of drug-likeness (QED) is 0.776. The number of nitrogens with two attached hydrogens (primary N) is 1. The molecular weight excluding hydrogens is 258 g/mol. The number of ketones is 1. The van der Waals surface area contributed by atoms with Gasteiger partial charge in [0.15, 0.2) is 5.78 Å². The van der Waals surface area contributed by atoms with Crippen LogP contribution in [0.15, 0.2) is 0 Å². The predicted octanol–water partition coefficient (Wildman–Crippen LogP) is 3.42. The first-order valence-electron chi connectivity index (χ1n) is 6.71. The summed E-state index contributed by atoms with van der Waals surface area (Å²) in [5.41, 5.74) is 6.78. The summed E-state index contributed by atoms with van der Waals surface area (Å²) in [5.74, 6) is 0.0122. The molecule has 104 valence electrons. The molecular formula is C14H21N3OS. The van der Waals surface area contributed by atoms with Crippen LogP contribution in [0.3, 0.4) is 0 Å². The standard InChI is InChI=1S/C14H21N3OS/c1-4-7-17(8-5-2)14-10(9-15)12(16)13(19-14)11(18)6-3/h4-8,16H2,1-3H3. The summed E-state index contributed by atoms with van der Waals surface area (Å²) < 4.78 is 0. The maximum Gasteiger partial charge on any atom is 0.174 e. The van der Waals surface area contributed by atoms with E-state index in [1.165, 1.54) is 11.3 Å². The third-order valence-electron chi connectivity index (χ3n) is 2.89. The van der Waals surface area contributed by atoms with Crippen LogP contribution in [0.2, 0.25) is 0 Å². The van der Waals surface area contributed by atoms with Gasteiger partial charge in [0.1, 0.15) is 16.6 Å². The Kier molecular flexibility index (Phi) is 5.84. The smallest absolute Gasteiger partial charge is 0.174 e. The van der Waals surface area contributed by atoms with Gasteiger partial charge < -0.3 is 10.6 Å². The van der Waals surface area contributed by atoms with Gasteiger partial charge in [0.2, 0.25) is 0 Å². The second-order valence-corrected chi connectivity index (χ2v) is 5.40. The monoisotopic (exact) mass is 279 g/mol. The Bertz CT molecular complexity index is 482. The van der Waals surface area contributed by atoms with Gasteiger partial charge in [-0.25, -0.2) is 0 Å². The van der Waals surface area contributed by atoms with Crippen LogP contribution in [-0.4, -0.2) is 18.9 Å². The molecule has 0 aliphatic carbocycles. The molecule has 1 aromatic heterocycles. The Hall–Kier alpha value is -1.54. The zero-order chi connectivity index (χ0) is 14.4. The number of carbonyl (C=O) groups is 1. The Balaban J connectivity index is 3.26. The lowest BCUT2D eigenvalue weighted by molar-refractivity contribution is 0.0993. The van der Waals surface area contributed by atoms with E-state index in [-0.39, 0.29) is 5.78 Å². The minimum Gasteiger partial charge on any atom is -0.396 e. The number of anilines is 2. The highest BCUT2D eigenvalue weighted by Crippen LogP contribution is 2.38. The van der Waals surface area contributed by atoms with E-state index >= 15 is 0 Å². The van der Waals surface area contributed by atoms with Crippen molar-refractivity contribution in [1.82, 2.24) is 0 Å². The van der Waals surface area contributed by atoms with Gasteiger partial charge in [-0.3, -0.25) is 4.79 Å². The van der Waals surface area contributed by atoms with Gasteiger partial charge in [0, 0.05) is 19.5 Å². The number of nitrogen functional groups attached to an aromatic ring is 1. The number of thiophene rings is 1. The van der Waals surface area contributed by atoms with E-state index < -0.39 is 0 Å². The highest BCUT2D eigenvalue weighted by atomic mass is 32.1. The molecule has 0 spiro atoms. The first-order valence-corrected chi connectivity index (χ1v) is 7.52. The highest BCUT2D eigenvalue weighted by Gasteiger charge is 2.22. The largest absolute Gasteiger partial charge is 0.396 e. The van der Waals surface area contributed by atoms with Crippen LogP contribution < -0.4 is 10.6 Å². The second-order valence-electron chi connectivity index (χ2n) is 4.40. The first kappa shape index (κ1) is 15.5. The van der Waals surface area contributed by atoms with Crippen molar-refractivity contribution >= 4 is 27.8 Å². The van der Waals surface area contributed by atoms with Crippen LogP contribution in [0.25, 0.3) is 0 Å². The number of nitrogens with zero attached hydrogens (tertiary/aromatic N) is 2. The third kappa shape index (κ3) is 3.27. The van der Waals surface area contributed by atoms with Crippen molar-refractivity contribution in [2.24, 2.45) is 0 Å². The lowest BCUT2D eigenvalue weighted by Gasteiger charge is -2.22. The van der Waals surface area contributed by atoms with Gasteiger partial charge in [0.05, 0.1) is 10.6 Å². The lowest BCUT2D eigenvalue weighted by atomic mass is 10.2. The molecule has 0 amide bonds. The van der Waals surface area contributed by atoms with Gasteiger partial charge in [-0.1, -0.05) is 20.8 Å². The normalized spacial score (nSPS) is 10.2. The fourth-order valence-corrected chi connectivity index (χ4v) is 3.22. The van der Waals surface area contributed by atoms with Crippen molar-refractivity contribution in [3.8, 4) is 6.07 Å². The summed E-state index contributed by atoms with van der Waals surface area (Å²) in [6.07, 6.45) is 2.41. The van der Waals surface area contributed by atoms with Gasteiger partial charge in [-0.05, 0) is 12.8 Å². The molecule has 19 heavy (non-hydrogen) atoms.